The normalized spacial score (nSPS) is 12.4. The van der Waals surface area contributed by atoms with Crippen LogP contribution in [0.4, 0.5) is 0 Å². The van der Waals surface area contributed by atoms with Gasteiger partial charge in [0.15, 0.2) is 0 Å². The van der Waals surface area contributed by atoms with Gasteiger partial charge in [0, 0.05) is 25.0 Å². The Hall–Kier alpha value is -1.81. The summed E-state index contributed by atoms with van der Waals surface area (Å²) in [6.07, 6.45) is 5.03. The number of rotatable bonds is 3. The highest BCUT2D eigenvalue weighted by Gasteiger charge is 2.10. The van der Waals surface area contributed by atoms with E-state index < -0.39 is 6.10 Å². The van der Waals surface area contributed by atoms with Crippen molar-refractivity contribution in [1.82, 2.24) is 15.0 Å². The van der Waals surface area contributed by atoms with E-state index in [1.807, 2.05) is 12.1 Å². The summed E-state index contributed by atoms with van der Waals surface area (Å²) in [5.41, 5.74) is 1.64. The highest BCUT2D eigenvalue weighted by atomic mass is 16.3. The van der Waals surface area contributed by atoms with Gasteiger partial charge in [-0.1, -0.05) is 6.07 Å². The molecule has 0 saturated carbocycles. The fourth-order valence-corrected chi connectivity index (χ4v) is 1.51. The van der Waals surface area contributed by atoms with E-state index in [-0.39, 0.29) is 0 Å². The molecular weight excluding hydrogens is 202 g/mol. The van der Waals surface area contributed by atoms with Crippen LogP contribution < -0.4 is 0 Å². The van der Waals surface area contributed by atoms with E-state index >= 15 is 0 Å². The topological polar surface area (TPSA) is 58.9 Å². The Labute approximate surface area is 94.0 Å². The van der Waals surface area contributed by atoms with Gasteiger partial charge in [0.1, 0.15) is 11.9 Å². The molecule has 2 aromatic rings. The van der Waals surface area contributed by atoms with Crippen molar-refractivity contribution in [2.75, 3.05) is 0 Å². The minimum absolute atomic E-state index is 0.518. The Morgan fingerprint density at radius 3 is 2.88 bits per heavy atom. The van der Waals surface area contributed by atoms with Crippen LogP contribution in [-0.4, -0.2) is 20.1 Å². The lowest BCUT2D eigenvalue weighted by atomic mass is 10.1. The molecule has 1 atom stereocenters. The third kappa shape index (κ3) is 2.61. The molecule has 0 aromatic carbocycles. The molecule has 0 fully saturated rings. The van der Waals surface area contributed by atoms with Gasteiger partial charge in [0.05, 0.1) is 5.69 Å². The van der Waals surface area contributed by atoms with Gasteiger partial charge in [-0.25, -0.2) is 9.97 Å². The van der Waals surface area contributed by atoms with Gasteiger partial charge in [-0.05, 0) is 24.6 Å². The minimum Gasteiger partial charge on any atom is -0.386 e. The zero-order chi connectivity index (χ0) is 11.4. The first-order chi connectivity index (χ1) is 7.75. The number of aliphatic hydroxyl groups excluding tert-OH is 1. The first-order valence-electron chi connectivity index (χ1n) is 5.12. The molecule has 1 unspecified atom stereocenters. The van der Waals surface area contributed by atoms with E-state index in [0.29, 0.717) is 17.9 Å². The van der Waals surface area contributed by atoms with Gasteiger partial charge < -0.3 is 5.11 Å². The quantitative estimate of drug-likeness (QED) is 0.842. The second-order valence-electron chi connectivity index (χ2n) is 3.61. The number of pyridine rings is 1. The summed E-state index contributed by atoms with van der Waals surface area (Å²) in [5.74, 6) is 0.669. The Morgan fingerprint density at radius 1 is 1.31 bits per heavy atom. The van der Waals surface area contributed by atoms with Crippen molar-refractivity contribution in [2.45, 2.75) is 19.4 Å². The smallest absolute Gasteiger partial charge is 0.125 e. The van der Waals surface area contributed by atoms with Crippen LogP contribution in [0.2, 0.25) is 0 Å². The summed E-state index contributed by atoms with van der Waals surface area (Å²) in [5, 5.41) is 9.98. The van der Waals surface area contributed by atoms with Crippen molar-refractivity contribution < 1.29 is 5.11 Å². The van der Waals surface area contributed by atoms with Crippen LogP contribution in [0.25, 0.3) is 0 Å². The molecule has 0 bridgehead atoms. The van der Waals surface area contributed by atoms with Crippen LogP contribution in [-0.2, 0) is 6.42 Å². The maximum absolute atomic E-state index is 9.98. The highest BCUT2D eigenvalue weighted by Crippen LogP contribution is 2.15. The van der Waals surface area contributed by atoms with Crippen molar-refractivity contribution in [3.63, 3.8) is 0 Å². The second kappa shape index (κ2) is 4.81. The standard InChI is InChI=1S/C12H13N3O/c1-9-14-6-4-11(15-9)12(16)7-10-3-2-5-13-8-10/h2-6,8,12,16H,7H2,1H3. The second-order valence-corrected chi connectivity index (χ2v) is 3.61. The molecule has 0 radical (unpaired) electrons. The number of aromatic nitrogens is 3. The molecule has 0 spiro atoms. The molecule has 2 aromatic heterocycles. The lowest BCUT2D eigenvalue weighted by molar-refractivity contribution is 0.173. The van der Waals surface area contributed by atoms with Crippen LogP contribution in [0.15, 0.2) is 36.8 Å². The third-order valence-corrected chi connectivity index (χ3v) is 2.29. The number of aliphatic hydroxyl groups is 1. The average molecular weight is 215 g/mol. The lowest BCUT2D eigenvalue weighted by Crippen LogP contribution is -2.05. The predicted octanol–water partition coefficient (Wildman–Crippen LogP) is 1.46. The average Bonchev–Trinajstić information content (AvgIpc) is 2.30. The van der Waals surface area contributed by atoms with E-state index in [0.717, 1.165) is 5.56 Å². The Balaban J connectivity index is 2.12. The summed E-state index contributed by atoms with van der Waals surface area (Å²) < 4.78 is 0. The molecule has 0 aliphatic carbocycles. The summed E-state index contributed by atoms with van der Waals surface area (Å²) in [4.78, 5) is 12.2. The van der Waals surface area contributed by atoms with Gasteiger partial charge in [0.25, 0.3) is 0 Å². The van der Waals surface area contributed by atoms with Gasteiger partial charge in [-0.15, -0.1) is 0 Å². The van der Waals surface area contributed by atoms with E-state index in [1.54, 1.807) is 31.6 Å². The zero-order valence-corrected chi connectivity index (χ0v) is 9.04. The van der Waals surface area contributed by atoms with Crippen molar-refractivity contribution in [3.05, 3.63) is 53.9 Å². The number of nitrogens with zero attached hydrogens (tertiary/aromatic N) is 3. The summed E-state index contributed by atoms with van der Waals surface area (Å²) in [6.45, 7) is 1.81. The molecule has 4 heteroatoms. The molecule has 0 amide bonds. The fraction of sp³-hybridized carbons (Fsp3) is 0.250. The molecule has 16 heavy (non-hydrogen) atoms. The molecule has 2 rings (SSSR count). The van der Waals surface area contributed by atoms with Gasteiger partial charge >= 0.3 is 0 Å². The number of hydrogen-bond donors (Lipinski definition) is 1. The van der Waals surface area contributed by atoms with Crippen LogP contribution in [0, 0.1) is 6.92 Å². The summed E-state index contributed by atoms with van der Waals surface area (Å²) in [7, 11) is 0. The maximum atomic E-state index is 9.98. The largest absolute Gasteiger partial charge is 0.386 e. The van der Waals surface area contributed by atoms with Crippen LogP contribution in [0.1, 0.15) is 23.2 Å². The number of hydrogen-bond acceptors (Lipinski definition) is 4. The van der Waals surface area contributed by atoms with E-state index in [2.05, 4.69) is 15.0 Å². The van der Waals surface area contributed by atoms with Crippen molar-refractivity contribution in [2.24, 2.45) is 0 Å². The highest BCUT2D eigenvalue weighted by molar-refractivity contribution is 5.14. The number of aryl methyl sites for hydroxylation is 1. The molecule has 2 heterocycles. The maximum Gasteiger partial charge on any atom is 0.125 e. The van der Waals surface area contributed by atoms with Gasteiger partial charge in [-0.3, -0.25) is 4.98 Å². The summed E-state index contributed by atoms with van der Waals surface area (Å²) in [6, 6.07) is 5.52. The van der Waals surface area contributed by atoms with Crippen LogP contribution >= 0.6 is 0 Å². The van der Waals surface area contributed by atoms with Crippen LogP contribution in [0.3, 0.4) is 0 Å². The monoisotopic (exact) mass is 215 g/mol. The fourth-order valence-electron chi connectivity index (χ4n) is 1.51. The molecule has 1 N–H and O–H groups in total. The third-order valence-electron chi connectivity index (χ3n) is 2.29. The molecule has 4 nitrogen and oxygen atoms in total. The predicted molar refractivity (Wildman–Crippen MR) is 59.7 cm³/mol. The van der Waals surface area contributed by atoms with E-state index in [4.69, 9.17) is 0 Å². The molecule has 0 saturated heterocycles. The van der Waals surface area contributed by atoms with Crippen molar-refractivity contribution >= 4 is 0 Å². The van der Waals surface area contributed by atoms with Gasteiger partial charge in [-0.2, -0.15) is 0 Å². The SMILES string of the molecule is Cc1nccc(C(O)Cc2cccnc2)n1. The molecule has 0 aliphatic heterocycles. The Kier molecular flexibility index (Phi) is 3.22. The first kappa shape index (κ1) is 10.7. The van der Waals surface area contributed by atoms with Gasteiger partial charge in [0.2, 0.25) is 0 Å². The van der Waals surface area contributed by atoms with Crippen molar-refractivity contribution in [3.8, 4) is 0 Å². The molecule has 0 aliphatic rings. The van der Waals surface area contributed by atoms with Crippen molar-refractivity contribution in [1.29, 1.82) is 0 Å². The minimum atomic E-state index is -0.606. The lowest BCUT2D eigenvalue weighted by Gasteiger charge is -2.09. The Morgan fingerprint density at radius 2 is 2.19 bits per heavy atom. The molecular formula is C12H13N3O. The zero-order valence-electron chi connectivity index (χ0n) is 9.04. The van der Waals surface area contributed by atoms with Crippen LogP contribution in [0.5, 0.6) is 0 Å². The molecule has 82 valence electrons. The summed E-state index contributed by atoms with van der Waals surface area (Å²) >= 11 is 0. The Bertz CT molecular complexity index is 459. The first-order valence-corrected chi connectivity index (χ1v) is 5.12. The van der Waals surface area contributed by atoms with E-state index in [9.17, 15) is 5.11 Å². The van der Waals surface area contributed by atoms with E-state index in [1.165, 1.54) is 0 Å².